The number of hydrogen-bond donors (Lipinski definition) is 1. The monoisotopic (exact) mass is 301 g/mol. The highest BCUT2D eigenvalue weighted by Crippen LogP contribution is 2.28. The van der Waals surface area contributed by atoms with Crippen LogP contribution < -0.4 is 5.73 Å². The predicted molar refractivity (Wildman–Crippen MR) is 77.4 cm³/mol. The summed E-state index contributed by atoms with van der Waals surface area (Å²) in [5, 5.41) is 8.34. The Morgan fingerprint density at radius 1 is 1.10 bits per heavy atom. The molecule has 0 unspecified atom stereocenters. The Hall–Kier alpha value is -2.85. The Labute approximate surface area is 122 Å². The van der Waals surface area contributed by atoms with Crippen LogP contribution in [-0.4, -0.2) is 14.4 Å². The largest absolute Gasteiger partial charge is 0.352 e. The molecule has 0 bridgehead atoms. The lowest BCUT2D eigenvalue weighted by Crippen LogP contribution is -2.21. The summed E-state index contributed by atoms with van der Waals surface area (Å²) < 4.78 is 29.0. The second-order valence-electron chi connectivity index (χ2n) is 3.95. The zero-order valence-electron chi connectivity index (χ0n) is 10.8. The molecule has 0 aliphatic carbocycles. The molecule has 0 fully saturated rings. The van der Waals surface area contributed by atoms with Crippen LogP contribution in [0, 0.1) is 11.5 Å². The summed E-state index contributed by atoms with van der Waals surface area (Å²) in [6.45, 7) is 0. The maximum Gasteiger partial charge on any atom is 0.342 e. The lowest BCUT2D eigenvalue weighted by Gasteiger charge is -2.10. The summed E-state index contributed by atoms with van der Waals surface area (Å²) in [7, 11) is -4.17. The summed E-state index contributed by atoms with van der Waals surface area (Å²) in [4.78, 5) is 2.99. The molecule has 6 nitrogen and oxygen atoms in total. The molecule has 2 rings (SSSR count). The third-order valence-corrected chi connectivity index (χ3v) is 3.88. The fourth-order valence-electron chi connectivity index (χ4n) is 1.77. The summed E-state index contributed by atoms with van der Waals surface area (Å²) in [6.07, 6.45) is 1.36. The van der Waals surface area contributed by atoms with Crippen LogP contribution in [0.15, 0.2) is 64.5 Å². The molecule has 2 aromatic carbocycles. The number of hydrogen-bond acceptors (Lipinski definition) is 5. The van der Waals surface area contributed by atoms with Gasteiger partial charge in [0.25, 0.3) is 0 Å². The molecule has 106 valence electrons. The van der Waals surface area contributed by atoms with Crippen LogP contribution in [0.5, 0.6) is 0 Å². The number of nitrogens with zero attached hydrogens (tertiary/aromatic N) is 2. The quantitative estimate of drug-likeness (QED) is 0.403. The fraction of sp³-hybridized carbons (Fsp3) is 0. The summed E-state index contributed by atoms with van der Waals surface area (Å²) in [5.74, 6) is 0. The van der Waals surface area contributed by atoms with Crippen LogP contribution in [0.25, 0.3) is 11.1 Å². The Morgan fingerprint density at radius 2 is 1.71 bits per heavy atom. The SMILES string of the molecule is N#CN=C(N)OS(=O)(=O)c1ccccc1-c1ccccc1. The molecule has 0 spiro atoms. The standard InChI is InChI=1S/C14H11N3O3S/c15-10-17-14(16)20-21(18,19)13-9-5-4-8-12(13)11-6-2-1-3-7-11/h1-9H,(H2,16,17). The van der Waals surface area contributed by atoms with Gasteiger partial charge in [0.1, 0.15) is 4.90 Å². The molecule has 0 radical (unpaired) electrons. The fourth-order valence-corrected chi connectivity index (χ4v) is 2.82. The van der Waals surface area contributed by atoms with Crippen LogP contribution >= 0.6 is 0 Å². The van der Waals surface area contributed by atoms with Crippen molar-refractivity contribution in [2.75, 3.05) is 0 Å². The van der Waals surface area contributed by atoms with Gasteiger partial charge in [0, 0.05) is 5.56 Å². The molecular formula is C14H11N3O3S. The van der Waals surface area contributed by atoms with Crippen molar-refractivity contribution in [3.8, 4) is 17.3 Å². The highest BCUT2D eigenvalue weighted by molar-refractivity contribution is 7.87. The Morgan fingerprint density at radius 3 is 2.38 bits per heavy atom. The third-order valence-electron chi connectivity index (χ3n) is 2.60. The van der Waals surface area contributed by atoms with Gasteiger partial charge in [-0.25, -0.2) is 0 Å². The molecule has 2 N–H and O–H groups in total. The maximum atomic E-state index is 12.2. The lowest BCUT2D eigenvalue weighted by molar-refractivity contribution is 0.479. The van der Waals surface area contributed by atoms with E-state index in [2.05, 4.69) is 9.18 Å². The van der Waals surface area contributed by atoms with Gasteiger partial charge in [-0.1, -0.05) is 48.5 Å². The number of amidine groups is 1. The van der Waals surface area contributed by atoms with Gasteiger partial charge < -0.3 is 9.92 Å². The van der Waals surface area contributed by atoms with Crippen molar-refractivity contribution in [3.05, 3.63) is 54.6 Å². The zero-order valence-corrected chi connectivity index (χ0v) is 11.6. The number of benzene rings is 2. The van der Waals surface area contributed by atoms with Crippen LogP contribution in [0.3, 0.4) is 0 Å². The maximum absolute atomic E-state index is 12.2. The summed E-state index contributed by atoms with van der Waals surface area (Å²) in [6, 6.07) is 14.6. The van der Waals surface area contributed by atoms with Crippen molar-refractivity contribution in [1.29, 1.82) is 5.26 Å². The third kappa shape index (κ3) is 3.38. The van der Waals surface area contributed by atoms with E-state index >= 15 is 0 Å². The van der Waals surface area contributed by atoms with E-state index in [-0.39, 0.29) is 4.90 Å². The smallest absolute Gasteiger partial charge is 0.342 e. The van der Waals surface area contributed by atoms with Crippen LogP contribution in [0.1, 0.15) is 0 Å². The Bertz CT molecular complexity index is 809. The number of nitriles is 1. The van der Waals surface area contributed by atoms with Crippen molar-refractivity contribution in [2.24, 2.45) is 10.7 Å². The zero-order chi connectivity index (χ0) is 15.3. The Balaban J connectivity index is 2.51. The van der Waals surface area contributed by atoms with Crippen molar-refractivity contribution in [2.45, 2.75) is 4.90 Å². The minimum atomic E-state index is -4.17. The first-order chi connectivity index (χ1) is 10.0. The second-order valence-corrected chi connectivity index (χ2v) is 5.46. The van der Waals surface area contributed by atoms with Gasteiger partial charge >= 0.3 is 16.1 Å². The molecule has 0 saturated heterocycles. The van der Waals surface area contributed by atoms with E-state index in [1.165, 1.54) is 12.3 Å². The Kier molecular flexibility index (Phi) is 4.21. The normalized spacial score (nSPS) is 11.7. The number of rotatable bonds is 3. The topological polar surface area (TPSA) is 106 Å². The summed E-state index contributed by atoms with van der Waals surface area (Å²) in [5.41, 5.74) is 6.42. The molecular weight excluding hydrogens is 290 g/mol. The van der Waals surface area contributed by atoms with E-state index in [4.69, 9.17) is 11.0 Å². The van der Waals surface area contributed by atoms with E-state index < -0.39 is 16.1 Å². The van der Waals surface area contributed by atoms with Gasteiger partial charge in [0.05, 0.1) is 0 Å². The molecule has 0 heterocycles. The van der Waals surface area contributed by atoms with E-state index in [0.29, 0.717) is 5.56 Å². The van der Waals surface area contributed by atoms with Gasteiger partial charge in [-0.05, 0) is 11.6 Å². The molecule has 7 heteroatoms. The average molecular weight is 301 g/mol. The highest BCUT2D eigenvalue weighted by Gasteiger charge is 2.22. The molecule has 21 heavy (non-hydrogen) atoms. The minimum Gasteiger partial charge on any atom is -0.352 e. The first-order valence-corrected chi connectivity index (χ1v) is 7.26. The average Bonchev–Trinajstić information content (AvgIpc) is 2.48. The van der Waals surface area contributed by atoms with Gasteiger partial charge in [0.2, 0.25) is 6.19 Å². The van der Waals surface area contributed by atoms with Gasteiger partial charge in [-0.2, -0.15) is 13.7 Å². The second kappa shape index (κ2) is 6.07. The van der Waals surface area contributed by atoms with Gasteiger partial charge in [0.15, 0.2) is 0 Å². The molecule has 0 atom stereocenters. The van der Waals surface area contributed by atoms with Crippen molar-refractivity contribution >= 4 is 16.1 Å². The molecule has 0 aliphatic rings. The molecule has 0 aromatic heterocycles. The van der Waals surface area contributed by atoms with E-state index in [1.54, 1.807) is 42.5 Å². The van der Waals surface area contributed by atoms with E-state index in [0.717, 1.165) is 5.56 Å². The van der Waals surface area contributed by atoms with E-state index in [9.17, 15) is 8.42 Å². The first-order valence-electron chi connectivity index (χ1n) is 5.86. The van der Waals surface area contributed by atoms with Crippen LogP contribution in [0.2, 0.25) is 0 Å². The lowest BCUT2D eigenvalue weighted by atomic mass is 10.1. The number of nitrogens with two attached hydrogens (primary N) is 1. The first kappa shape index (κ1) is 14.6. The van der Waals surface area contributed by atoms with Crippen LogP contribution in [-0.2, 0) is 14.3 Å². The van der Waals surface area contributed by atoms with Gasteiger partial charge in [-0.15, -0.1) is 4.99 Å². The molecule has 2 aromatic rings. The van der Waals surface area contributed by atoms with Crippen molar-refractivity contribution in [3.63, 3.8) is 0 Å². The minimum absolute atomic E-state index is 0.0488. The highest BCUT2D eigenvalue weighted by atomic mass is 32.2. The molecule has 0 amide bonds. The van der Waals surface area contributed by atoms with Crippen molar-refractivity contribution < 1.29 is 12.6 Å². The number of aliphatic imine (C=N–C) groups is 1. The molecule has 0 saturated carbocycles. The predicted octanol–water partition coefficient (Wildman–Crippen LogP) is 1.85. The van der Waals surface area contributed by atoms with Crippen LogP contribution in [0.4, 0.5) is 0 Å². The molecule has 0 aliphatic heterocycles. The summed E-state index contributed by atoms with van der Waals surface area (Å²) >= 11 is 0. The van der Waals surface area contributed by atoms with Crippen molar-refractivity contribution in [1.82, 2.24) is 0 Å². The van der Waals surface area contributed by atoms with Gasteiger partial charge in [-0.3, -0.25) is 0 Å². The van der Waals surface area contributed by atoms with E-state index in [1.807, 2.05) is 6.07 Å².